The predicted octanol–water partition coefficient (Wildman–Crippen LogP) is -0.422. The molecular formula is C22H20N2O10. The fraction of sp³-hybridized carbons (Fsp3) is 0.318. The third-order valence-electron chi connectivity index (χ3n) is 6.50. The number of Topliss-reactive ketones (excluding diaryl/α,β-unsaturated/α-hetero) is 3. The van der Waals surface area contributed by atoms with Crippen LogP contribution >= 0.6 is 0 Å². The summed E-state index contributed by atoms with van der Waals surface area (Å²) in [7, 11) is 0. The monoisotopic (exact) mass is 472 g/mol. The van der Waals surface area contributed by atoms with Crippen LogP contribution in [-0.4, -0.2) is 61.4 Å². The molecule has 3 aliphatic rings. The van der Waals surface area contributed by atoms with Crippen molar-refractivity contribution >= 4 is 40.7 Å². The van der Waals surface area contributed by atoms with Crippen LogP contribution in [0.25, 0.3) is 5.76 Å². The van der Waals surface area contributed by atoms with Crippen molar-refractivity contribution in [2.24, 2.45) is 17.6 Å². The Morgan fingerprint density at radius 3 is 2.41 bits per heavy atom. The molecule has 0 heterocycles. The maximum Gasteiger partial charge on any atom is 0.305 e. The topological polar surface area (TPSA) is 228 Å². The predicted molar refractivity (Wildman–Crippen MR) is 112 cm³/mol. The first-order chi connectivity index (χ1) is 15.9. The van der Waals surface area contributed by atoms with Crippen molar-refractivity contribution < 1.29 is 49.1 Å². The Kier molecular flexibility index (Phi) is 5.01. The molecule has 0 aromatic heterocycles. The van der Waals surface area contributed by atoms with E-state index in [1.165, 1.54) is 19.1 Å². The minimum Gasteiger partial charge on any atom is -0.508 e. The molecule has 0 aliphatic heterocycles. The third kappa shape index (κ3) is 2.78. The first kappa shape index (κ1) is 23.0. The number of fused-ring (bicyclic) bond motifs is 3. The molecule has 1 aromatic rings. The summed E-state index contributed by atoms with van der Waals surface area (Å²) < 4.78 is 5.37. The van der Waals surface area contributed by atoms with Gasteiger partial charge in [0.05, 0.1) is 22.7 Å². The quantitative estimate of drug-likeness (QED) is 0.143. The highest BCUT2D eigenvalue weighted by molar-refractivity contribution is 6.25. The standard InChI is InChI=1S/C22H20N2O10/c1-2-10(26)34-18-7-5-9(25)12(21(24)32)19(30)22(7,33)20(31)14-13(18)15(27)6-3-4-8(23)16(28)11(6)17(14)29/h3-4,7,13,18,28-30,33H,2,5,23H2,1H3,(H2,24,32)/t7-,13+,18-,22-/m1/s1. The van der Waals surface area contributed by atoms with Crippen LogP contribution in [0.4, 0.5) is 5.69 Å². The Morgan fingerprint density at radius 2 is 1.82 bits per heavy atom. The number of carbonyl (C=O) groups excluding carboxylic acids is 5. The molecule has 4 rings (SSSR count). The molecule has 0 bridgehead atoms. The molecule has 0 spiro atoms. The summed E-state index contributed by atoms with van der Waals surface area (Å²) in [5.74, 6) is -12.0. The molecule has 1 amide bonds. The van der Waals surface area contributed by atoms with Gasteiger partial charge >= 0.3 is 5.97 Å². The maximum absolute atomic E-state index is 13.5. The summed E-state index contributed by atoms with van der Waals surface area (Å²) in [5.41, 5.74) is 4.99. The molecule has 1 saturated carbocycles. The van der Waals surface area contributed by atoms with Gasteiger partial charge in [0.2, 0.25) is 5.78 Å². The summed E-state index contributed by atoms with van der Waals surface area (Å²) in [6.07, 6.45) is -2.66. The Balaban J connectivity index is 2.07. The second-order valence-corrected chi connectivity index (χ2v) is 8.26. The highest BCUT2D eigenvalue weighted by atomic mass is 16.5. The average Bonchev–Trinajstić information content (AvgIpc) is 2.77. The summed E-state index contributed by atoms with van der Waals surface area (Å²) in [4.78, 5) is 63.5. The Hall–Kier alpha value is -4.19. The van der Waals surface area contributed by atoms with E-state index in [0.29, 0.717) is 0 Å². The molecule has 8 N–H and O–H groups in total. The number of aliphatic hydroxyl groups is 3. The van der Waals surface area contributed by atoms with Crippen molar-refractivity contribution in [3.63, 3.8) is 0 Å². The van der Waals surface area contributed by atoms with E-state index in [0.717, 1.165) is 0 Å². The number of hydrogen-bond donors (Lipinski definition) is 6. The number of aromatic hydroxyl groups is 1. The number of anilines is 1. The molecule has 0 saturated heterocycles. The lowest BCUT2D eigenvalue weighted by atomic mass is 9.57. The Bertz CT molecular complexity index is 1280. The molecule has 12 heteroatoms. The number of rotatable bonds is 3. The van der Waals surface area contributed by atoms with Gasteiger partial charge in [-0.15, -0.1) is 0 Å². The fourth-order valence-electron chi connectivity index (χ4n) is 4.85. The van der Waals surface area contributed by atoms with Crippen LogP contribution in [0.15, 0.2) is 29.0 Å². The van der Waals surface area contributed by atoms with Gasteiger partial charge in [0, 0.05) is 24.3 Å². The molecule has 178 valence electrons. The van der Waals surface area contributed by atoms with Gasteiger partial charge in [0.1, 0.15) is 28.9 Å². The van der Waals surface area contributed by atoms with E-state index in [1.807, 2.05) is 0 Å². The zero-order chi connectivity index (χ0) is 25.3. The number of esters is 1. The number of nitrogen functional groups attached to an aromatic ring is 1. The molecule has 3 aliphatic carbocycles. The minimum absolute atomic E-state index is 0.183. The summed E-state index contributed by atoms with van der Waals surface area (Å²) in [6.45, 7) is 1.43. The van der Waals surface area contributed by atoms with E-state index in [1.54, 1.807) is 0 Å². The summed E-state index contributed by atoms with van der Waals surface area (Å²) in [6, 6.07) is 2.38. The van der Waals surface area contributed by atoms with Gasteiger partial charge in [0.25, 0.3) is 5.91 Å². The number of phenolic OH excluding ortho intramolecular Hbond substituents is 1. The van der Waals surface area contributed by atoms with E-state index < -0.39 is 93.2 Å². The largest absolute Gasteiger partial charge is 0.508 e. The number of aliphatic hydroxyl groups excluding tert-OH is 2. The number of amides is 1. The van der Waals surface area contributed by atoms with Crippen molar-refractivity contribution in [3.8, 4) is 5.75 Å². The first-order valence-electron chi connectivity index (χ1n) is 10.2. The van der Waals surface area contributed by atoms with Crippen molar-refractivity contribution in [2.45, 2.75) is 31.5 Å². The number of phenols is 1. The lowest BCUT2D eigenvalue weighted by molar-refractivity contribution is -0.175. The van der Waals surface area contributed by atoms with Crippen LogP contribution in [-0.2, 0) is 23.9 Å². The Morgan fingerprint density at radius 1 is 1.18 bits per heavy atom. The molecule has 12 nitrogen and oxygen atoms in total. The molecule has 34 heavy (non-hydrogen) atoms. The summed E-state index contributed by atoms with van der Waals surface area (Å²) in [5, 5.41) is 43.4. The zero-order valence-electron chi connectivity index (χ0n) is 17.7. The van der Waals surface area contributed by atoms with Gasteiger partial charge in [-0.1, -0.05) is 6.92 Å². The van der Waals surface area contributed by atoms with Gasteiger partial charge in [-0.3, -0.25) is 24.0 Å². The molecule has 1 aromatic carbocycles. The van der Waals surface area contributed by atoms with Crippen molar-refractivity contribution in [1.29, 1.82) is 0 Å². The average molecular weight is 472 g/mol. The number of ketones is 3. The van der Waals surface area contributed by atoms with Gasteiger partial charge in [-0.2, -0.15) is 0 Å². The second kappa shape index (κ2) is 7.42. The van der Waals surface area contributed by atoms with Crippen LogP contribution in [0, 0.1) is 11.8 Å². The van der Waals surface area contributed by atoms with Gasteiger partial charge in [-0.25, -0.2) is 0 Å². The first-order valence-corrected chi connectivity index (χ1v) is 10.2. The number of carbonyl (C=O) groups is 5. The normalized spacial score (nSPS) is 28.3. The fourth-order valence-corrected chi connectivity index (χ4v) is 4.85. The summed E-state index contributed by atoms with van der Waals surface area (Å²) >= 11 is 0. The van der Waals surface area contributed by atoms with Gasteiger partial charge in [0.15, 0.2) is 17.2 Å². The van der Waals surface area contributed by atoms with Crippen LogP contribution in [0.5, 0.6) is 5.75 Å². The van der Waals surface area contributed by atoms with Gasteiger partial charge in [-0.05, 0) is 12.1 Å². The highest BCUT2D eigenvalue weighted by Gasteiger charge is 2.66. The van der Waals surface area contributed by atoms with Crippen LogP contribution in [0.1, 0.15) is 35.7 Å². The SMILES string of the molecule is CCC(=O)O[C@H]1[C@@H]2C(=O)c3ccc(N)c(O)c3C(O)=C2C(=O)[C@]2(O)C(O)=C(C(N)=O)C(=O)C[C@H]12. The van der Waals surface area contributed by atoms with Crippen molar-refractivity contribution in [2.75, 3.05) is 5.73 Å². The van der Waals surface area contributed by atoms with Gasteiger partial charge < -0.3 is 36.6 Å². The zero-order valence-corrected chi connectivity index (χ0v) is 17.7. The van der Waals surface area contributed by atoms with E-state index >= 15 is 0 Å². The van der Waals surface area contributed by atoms with E-state index in [9.17, 15) is 44.4 Å². The molecule has 1 fully saturated rings. The molecule has 4 atom stereocenters. The number of nitrogens with two attached hydrogens (primary N) is 2. The Labute approximate surface area is 191 Å². The number of ether oxygens (including phenoxy) is 1. The third-order valence-corrected chi connectivity index (χ3v) is 6.50. The minimum atomic E-state index is -3.04. The van der Waals surface area contributed by atoms with Crippen LogP contribution < -0.4 is 11.5 Å². The van der Waals surface area contributed by atoms with E-state index in [4.69, 9.17) is 16.2 Å². The highest BCUT2D eigenvalue weighted by Crippen LogP contribution is 2.53. The van der Waals surface area contributed by atoms with Crippen LogP contribution in [0.2, 0.25) is 0 Å². The number of primary amides is 1. The second-order valence-electron chi connectivity index (χ2n) is 8.26. The number of benzene rings is 1. The smallest absolute Gasteiger partial charge is 0.305 e. The van der Waals surface area contributed by atoms with Crippen LogP contribution in [0.3, 0.4) is 0 Å². The number of hydrogen-bond acceptors (Lipinski definition) is 11. The molecule has 0 unspecified atom stereocenters. The molecule has 0 radical (unpaired) electrons. The lowest BCUT2D eigenvalue weighted by Gasteiger charge is -2.49. The van der Waals surface area contributed by atoms with Crippen molar-refractivity contribution in [3.05, 3.63) is 40.2 Å². The van der Waals surface area contributed by atoms with Crippen molar-refractivity contribution in [1.82, 2.24) is 0 Å². The van der Waals surface area contributed by atoms with E-state index in [2.05, 4.69) is 0 Å². The van der Waals surface area contributed by atoms with E-state index in [-0.39, 0.29) is 17.7 Å². The maximum atomic E-state index is 13.5. The molecular weight excluding hydrogens is 452 g/mol. The lowest BCUT2D eigenvalue weighted by Crippen LogP contribution is -2.65.